The first kappa shape index (κ1) is 45.7. The van der Waals surface area contributed by atoms with Crippen LogP contribution in [0.25, 0.3) is 22.3 Å². The van der Waals surface area contributed by atoms with E-state index < -0.39 is 21.3 Å². The zero-order valence-electron chi connectivity index (χ0n) is 38.2. The summed E-state index contributed by atoms with van der Waals surface area (Å²) in [6.07, 6.45) is 12.6. The van der Waals surface area contributed by atoms with E-state index in [1.807, 2.05) is 3.21 Å². The second kappa shape index (κ2) is 15.8. The molecule has 0 fully saturated rings. The maximum absolute atomic E-state index is 2.90. The smallest absolute Gasteiger partial charge is 1.00 e. The van der Waals surface area contributed by atoms with E-state index in [0.29, 0.717) is 9.54 Å². The van der Waals surface area contributed by atoms with Gasteiger partial charge in [0, 0.05) is 0 Å². The second-order valence-electron chi connectivity index (χ2n) is 22.1. The van der Waals surface area contributed by atoms with Crippen molar-refractivity contribution in [3.63, 3.8) is 0 Å². The standard InChI is InChI=1S/C31H37.C15H14.C10H15.2ClH.Zr/c1-28(2,3)26-16-30(7,8)24-12-18-11-19-13-25-23(15-21(19)20(18)14-22(24)26)27(29(4,5)6)17-31(25,9)10;1-3-8-14(9-4-1)12-7-13-15-10-5-2-6-11-15;1-8-5-6-9(7-8)10(2,3)4;;;/h11-17H,1-10H3;1-6,8-11H,12-13H2;6-8H,1-4H3;2*1H;/q;;;;;+2/p-2. The Hall–Kier alpha value is -2.83. The van der Waals surface area contributed by atoms with Gasteiger partial charge in [0.05, 0.1) is 0 Å². The summed E-state index contributed by atoms with van der Waals surface area (Å²) in [6, 6.07) is 33.6. The first-order valence-corrected chi connectivity index (χ1v) is 25.5. The number of hydrogen-bond donors (Lipinski definition) is 0. The molecule has 0 radical (unpaired) electrons. The second-order valence-corrected chi connectivity index (χ2v) is 28.7. The molecular formula is C56H66Cl2Zr. The van der Waals surface area contributed by atoms with Crippen molar-refractivity contribution < 1.29 is 46.1 Å². The van der Waals surface area contributed by atoms with Crippen molar-refractivity contribution in [1.82, 2.24) is 0 Å². The molecular weight excluding hydrogens is 835 g/mol. The normalized spacial score (nSPS) is 18.5. The van der Waals surface area contributed by atoms with Crippen LogP contribution in [-0.4, -0.2) is 3.21 Å². The van der Waals surface area contributed by atoms with E-state index in [0.717, 1.165) is 12.8 Å². The van der Waals surface area contributed by atoms with E-state index in [2.05, 4.69) is 206 Å². The molecule has 1 atom stereocenters. The van der Waals surface area contributed by atoms with Gasteiger partial charge in [-0.3, -0.25) is 0 Å². The van der Waals surface area contributed by atoms with Crippen molar-refractivity contribution in [2.45, 2.75) is 124 Å². The van der Waals surface area contributed by atoms with Gasteiger partial charge in [-0.2, -0.15) is 0 Å². The van der Waals surface area contributed by atoms with Crippen LogP contribution in [0, 0.1) is 22.2 Å². The first-order valence-electron chi connectivity index (χ1n) is 21.6. The molecule has 8 rings (SSSR count). The molecule has 0 nitrogen and oxygen atoms in total. The Morgan fingerprint density at radius 1 is 0.559 bits per heavy atom. The fourth-order valence-corrected chi connectivity index (χ4v) is 20.1. The van der Waals surface area contributed by atoms with Crippen LogP contribution in [0.4, 0.5) is 0 Å². The fourth-order valence-electron chi connectivity index (χ4n) is 10.4. The maximum atomic E-state index is 2.74. The molecule has 0 spiro atoms. The Labute approximate surface area is 377 Å². The molecule has 1 unspecified atom stereocenters. The van der Waals surface area contributed by atoms with Crippen LogP contribution in [0.3, 0.4) is 0 Å². The number of allylic oxidation sites excluding steroid dienone is 8. The summed E-state index contributed by atoms with van der Waals surface area (Å²) >= 11 is -2.90. The summed E-state index contributed by atoms with van der Waals surface area (Å²) < 4.78 is 3.97. The summed E-state index contributed by atoms with van der Waals surface area (Å²) in [4.78, 5) is 0. The van der Waals surface area contributed by atoms with E-state index in [1.165, 1.54) is 61.2 Å². The molecule has 0 bridgehead atoms. The van der Waals surface area contributed by atoms with Crippen LogP contribution in [0.5, 0.6) is 0 Å². The van der Waals surface area contributed by atoms with Crippen molar-refractivity contribution in [1.29, 1.82) is 0 Å². The molecule has 0 amide bonds. The minimum Gasteiger partial charge on any atom is -1.00 e. The van der Waals surface area contributed by atoms with Gasteiger partial charge in [-0.15, -0.1) is 0 Å². The Morgan fingerprint density at radius 2 is 0.966 bits per heavy atom. The summed E-state index contributed by atoms with van der Waals surface area (Å²) in [7, 11) is 0. The van der Waals surface area contributed by atoms with Gasteiger partial charge >= 0.3 is 356 Å². The molecule has 0 heterocycles. The minimum absolute atomic E-state index is 0. The van der Waals surface area contributed by atoms with E-state index in [4.69, 9.17) is 0 Å². The summed E-state index contributed by atoms with van der Waals surface area (Å²) in [5.74, 6) is 0.433. The summed E-state index contributed by atoms with van der Waals surface area (Å²) in [5.41, 5.74) is 19.8. The van der Waals surface area contributed by atoms with Gasteiger partial charge in [-0.1, -0.05) is 0 Å². The van der Waals surface area contributed by atoms with Crippen molar-refractivity contribution in [2.24, 2.45) is 22.2 Å². The van der Waals surface area contributed by atoms with E-state index >= 15 is 0 Å². The zero-order valence-corrected chi connectivity index (χ0v) is 42.2. The third kappa shape index (κ3) is 8.29. The number of fused-ring (bicyclic) bond motifs is 5. The van der Waals surface area contributed by atoms with Crippen molar-refractivity contribution in [2.75, 3.05) is 0 Å². The number of rotatable bonds is 6. The Bertz CT molecular complexity index is 2300. The van der Waals surface area contributed by atoms with E-state index in [-0.39, 0.29) is 51.9 Å². The van der Waals surface area contributed by atoms with Gasteiger partial charge in [-0.25, -0.2) is 0 Å². The first-order chi connectivity index (χ1) is 26.5. The van der Waals surface area contributed by atoms with Gasteiger partial charge in [0.1, 0.15) is 0 Å². The molecule has 0 aromatic heterocycles. The topological polar surface area (TPSA) is 0 Å². The molecule has 4 aliphatic carbocycles. The molecule has 0 saturated heterocycles. The van der Waals surface area contributed by atoms with Gasteiger partial charge < -0.3 is 24.8 Å². The van der Waals surface area contributed by atoms with Crippen molar-refractivity contribution >= 4 is 14.4 Å². The minimum atomic E-state index is -2.90. The third-order valence-corrected chi connectivity index (χ3v) is 22.2. The number of halogens is 2. The van der Waals surface area contributed by atoms with Crippen LogP contribution in [0.15, 0.2) is 118 Å². The van der Waals surface area contributed by atoms with Crippen molar-refractivity contribution in [3.05, 3.63) is 163 Å². The molecule has 0 N–H and O–H groups in total. The third-order valence-electron chi connectivity index (χ3n) is 13.5. The van der Waals surface area contributed by atoms with Gasteiger partial charge in [0.2, 0.25) is 0 Å². The van der Waals surface area contributed by atoms with Gasteiger partial charge in [-0.05, 0) is 0 Å². The maximum Gasteiger partial charge on any atom is -1.00 e. The molecule has 59 heavy (non-hydrogen) atoms. The summed E-state index contributed by atoms with van der Waals surface area (Å²) in [5, 5.41) is 0. The monoisotopic (exact) mass is 898 g/mol. The molecule has 4 aliphatic rings. The zero-order chi connectivity index (χ0) is 41.0. The predicted octanol–water partition coefficient (Wildman–Crippen LogP) is 8.99. The quantitative estimate of drug-likeness (QED) is 0.182. The molecule has 4 aromatic rings. The van der Waals surface area contributed by atoms with Gasteiger partial charge in [0.25, 0.3) is 0 Å². The molecule has 0 saturated carbocycles. The molecule has 308 valence electrons. The van der Waals surface area contributed by atoms with Crippen LogP contribution >= 0.6 is 0 Å². The number of benzene rings is 4. The van der Waals surface area contributed by atoms with Crippen LogP contribution in [0.2, 0.25) is 0 Å². The molecule has 3 heteroatoms. The Balaban J connectivity index is 0.00000293. The van der Waals surface area contributed by atoms with Crippen molar-refractivity contribution in [3.8, 4) is 11.1 Å². The fraction of sp³-hybridized carbons (Fsp3) is 0.411. The van der Waals surface area contributed by atoms with Crippen LogP contribution < -0.4 is 24.8 Å². The van der Waals surface area contributed by atoms with E-state index in [1.54, 1.807) is 14.4 Å². The van der Waals surface area contributed by atoms with Crippen LogP contribution in [-0.2, 0) is 44.9 Å². The average molecular weight is 901 g/mol. The summed E-state index contributed by atoms with van der Waals surface area (Å²) in [6.45, 7) is 33.9. The Morgan fingerprint density at radius 3 is 1.32 bits per heavy atom. The SMILES string of the molecule is CC1C=C(C(C)(C)C)C=[C]1[Zr+2](=[C](Cc1ccccc1)Cc1ccccc1)[CH]1c2cc3c(cc2-c2cc4c(cc21)C(C)(C)C=C4C(C)(C)C)C(C(C)(C)C)=CC3(C)C.[Cl-].[Cl-]. The molecule has 4 aromatic carbocycles. The largest absolute Gasteiger partial charge is 1.00 e. The molecule has 0 aliphatic heterocycles. The predicted molar refractivity (Wildman–Crippen MR) is 245 cm³/mol. The Kier molecular flexibility index (Phi) is 12.3. The van der Waals surface area contributed by atoms with Crippen LogP contribution in [0.1, 0.15) is 145 Å². The number of hydrogen-bond acceptors (Lipinski definition) is 0. The van der Waals surface area contributed by atoms with Gasteiger partial charge in [0.15, 0.2) is 0 Å². The van der Waals surface area contributed by atoms with E-state index in [9.17, 15) is 0 Å². The average Bonchev–Trinajstić information content (AvgIpc) is 3.82.